The normalized spacial score (nSPS) is 24.4. The van der Waals surface area contributed by atoms with Crippen molar-refractivity contribution in [1.82, 2.24) is 10.2 Å². The Labute approximate surface area is 111 Å². The van der Waals surface area contributed by atoms with Gasteiger partial charge in [-0.15, -0.1) is 0 Å². The summed E-state index contributed by atoms with van der Waals surface area (Å²) in [6.07, 6.45) is 2.03. The summed E-state index contributed by atoms with van der Waals surface area (Å²) < 4.78 is 5.27. The summed E-state index contributed by atoms with van der Waals surface area (Å²) in [6, 6.07) is 0.541. The number of nitrogens with zero attached hydrogens (tertiary/aromatic N) is 1. The first-order valence-corrected chi connectivity index (χ1v) is 7.19. The number of amides is 1. The van der Waals surface area contributed by atoms with E-state index in [2.05, 4.69) is 33.0 Å². The van der Waals surface area contributed by atoms with Gasteiger partial charge in [0.2, 0.25) is 0 Å². The van der Waals surface area contributed by atoms with E-state index in [-0.39, 0.29) is 6.09 Å². The lowest BCUT2D eigenvalue weighted by atomic mass is 9.94. The van der Waals surface area contributed by atoms with Gasteiger partial charge in [-0.1, -0.05) is 27.7 Å². The molecule has 2 unspecified atom stereocenters. The molecule has 1 saturated heterocycles. The van der Waals surface area contributed by atoms with Gasteiger partial charge in [0, 0.05) is 19.1 Å². The van der Waals surface area contributed by atoms with Gasteiger partial charge in [0.15, 0.2) is 0 Å². The van der Waals surface area contributed by atoms with Gasteiger partial charge >= 0.3 is 6.09 Å². The minimum Gasteiger partial charge on any atom is -0.449 e. The van der Waals surface area contributed by atoms with Crippen molar-refractivity contribution in [2.75, 3.05) is 26.2 Å². The maximum Gasteiger partial charge on any atom is 0.409 e. The zero-order valence-corrected chi connectivity index (χ0v) is 12.2. The maximum absolute atomic E-state index is 11.9. The average Bonchev–Trinajstić information content (AvgIpc) is 2.34. The monoisotopic (exact) mass is 256 g/mol. The van der Waals surface area contributed by atoms with E-state index in [0.717, 1.165) is 32.5 Å². The van der Waals surface area contributed by atoms with Crippen LogP contribution in [0.1, 0.15) is 40.5 Å². The highest BCUT2D eigenvalue weighted by Gasteiger charge is 2.28. The molecule has 1 aliphatic rings. The first kappa shape index (κ1) is 15.3. The molecule has 0 aromatic heterocycles. The van der Waals surface area contributed by atoms with Crippen LogP contribution in [0.15, 0.2) is 0 Å². The molecule has 1 heterocycles. The van der Waals surface area contributed by atoms with Crippen molar-refractivity contribution in [3.63, 3.8) is 0 Å². The number of nitrogens with one attached hydrogen (secondary N) is 1. The van der Waals surface area contributed by atoms with Gasteiger partial charge in [-0.3, -0.25) is 0 Å². The molecule has 4 nitrogen and oxygen atoms in total. The minimum atomic E-state index is -0.149. The van der Waals surface area contributed by atoms with E-state index in [9.17, 15) is 4.79 Å². The number of hydrogen-bond donors (Lipinski definition) is 1. The highest BCUT2D eigenvalue weighted by molar-refractivity contribution is 5.67. The van der Waals surface area contributed by atoms with Gasteiger partial charge in [0.25, 0.3) is 0 Å². The molecule has 2 atom stereocenters. The second-order valence-corrected chi connectivity index (χ2v) is 5.74. The standard InChI is InChI=1S/C14H28N2O2/c1-5-7-15-13-6-8-16(9-12(13)4)14(17)18-10-11(2)3/h11-13,15H,5-10H2,1-4H3. The molecule has 0 bridgehead atoms. The summed E-state index contributed by atoms with van der Waals surface area (Å²) in [5, 5.41) is 3.55. The fraction of sp³-hybridized carbons (Fsp3) is 0.929. The topological polar surface area (TPSA) is 41.6 Å². The second-order valence-electron chi connectivity index (χ2n) is 5.74. The molecule has 0 aromatic rings. The summed E-state index contributed by atoms with van der Waals surface area (Å²) in [4.78, 5) is 13.7. The molecule has 4 heteroatoms. The third-order valence-corrected chi connectivity index (χ3v) is 3.36. The number of hydrogen-bond acceptors (Lipinski definition) is 3. The lowest BCUT2D eigenvalue weighted by molar-refractivity contribution is 0.0707. The molecule has 0 aliphatic carbocycles. The third kappa shape index (κ3) is 4.84. The number of rotatable bonds is 5. The zero-order chi connectivity index (χ0) is 13.5. The van der Waals surface area contributed by atoms with E-state index in [4.69, 9.17) is 4.74 Å². The van der Waals surface area contributed by atoms with Gasteiger partial charge < -0.3 is 15.0 Å². The van der Waals surface area contributed by atoms with Crippen molar-refractivity contribution in [3.8, 4) is 0 Å². The molecular formula is C14H28N2O2. The summed E-state index contributed by atoms with van der Waals surface area (Å²) in [5.74, 6) is 0.895. The molecule has 1 fully saturated rings. The Morgan fingerprint density at radius 1 is 1.50 bits per heavy atom. The van der Waals surface area contributed by atoms with E-state index in [0.29, 0.717) is 24.5 Å². The molecule has 106 valence electrons. The summed E-state index contributed by atoms with van der Waals surface area (Å²) in [6.45, 7) is 11.7. The molecule has 0 radical (unpaired) electrons. The van der Waals surface area contributed by atoms with Crippen LogP contribution in [0.25, 0.3) is 0 Å². The zero-order valence-electron chi connectivity index (χ0n) is 12.2. The van der Waals surface area contributed by atoms with Crippen LogP contribution in [0.2, 0.25) is 0 Å². The van der Waals surface area contributed by atoms with Crippen molar-refractivity contribution < 1.29 is 9.53 Å². The number of ether oxygens (including phenoxy) is 1. The van der Waals surface area contributed by atoms with E-state index in [1.807, 2.05) is 4.90 Å². The lowest BCUT2D eigenvalue weighted by Gasteiger charge is -2.36. The molecular weight excluding hydrogens is 228 g/mol. The van der Waals surface area contributed by atoms with E-state index < -0.39 is 0 Å². The Hall–Kier alpha value is -0.770. The van der Waals surface area contributed by atoms with Crippen LogP contribution >= 0.6 is 0 Å². The molecule has 1 rings (SSSR count). The van der Waals surface area contributed by atoms with Crippen LogP contribution in [-0.2, 0) is 4.74 Å². The molecule has 18 heavy (non-hydrogen) atoms. The van der Waals surface area contributed by atoms with E-state index in [1.165, 1.54) is 0 Å². The lowest BCUT2D eigenvalue weighted by Crippen LogP contribution is -2.50. The predicted octanol–water partition coefficient (Wildman–Crippen LogP) is 2.49. The average molecular weight is 256 g/mol. The van der Waals surface area contributed by atoms with Crippen molar-refractivity contribution in [1.29, 1.82) is 0 Å². The van der Waals surface area contributed by atoms with Gasteiger partial charge in [-0.25, -0.2) is 4.79 Å². The van der Waals surface area contributed by atoms with E-state index >= 15 is 0 Å². The largest absolute Gasteiger partial charge is 0.449 e. The second kappa shape index (κ2) is 7.62. The highest BCUT2D eigenvalue weighted by atomic mass is 16.6. The number of likely N-dealkylation sites (tertiary alicyclic amines) is 1. The van der Waals surface area contributed by atoms with Crippen molar-refractivity contribution in [2.45, 2.75) is 46.6 Å². The molecule has 1 N–H and O–H groups in total. The Morgan fingerprint density at radius 3 is 2.78 bits per heavy atom. The maximum atomic E-state index is 11.9. The van der Waals surface area contributed by atoms with Gasteiger partial charge in [0.05, 0.1) is 6.61 Å². The van der Waals surface area contributed by atoms with Crippen LogP contribution in [0, 0.1) is 11.8 Å². The highest BCUT2D eigenvalue weighted by Crippen LogP contribution is 2.17. The Morgan fingerprint density at radius 2 is 2.22 bits per heavy atom. The third-order valence-electron chi connectivity index (χ3n) is 3.36. The molecule has 0 spiro atoms. The summed E-state index contributed by atoms with van der Waals surface area (Å²) >= 11 is 0. The molecule has 0 saturated carbocycles. The Balaban J connectivity index is 2.33. The first-order chi connectivity index (χ1) is 8.54. The number of carbonyl (C=O) groups is 1. The Bertz CT molecular complexity index is 256. The molecule has 1 aliphatic heterocycles. The van der Waals surface area contributed by atoms with Crippen LogP contribution in [-0.4, -0.2) is 43.3 Å². The first-order valence-electron chi connectivity index (χ1n) is 7.19. The fourth-order valence-electron chi connectivity index (χ4n) is 2.27. The van der Waals surface area contributed by atoms with Crippen LogP contribution in [0.3, 0.4) is 0 Å². The van der Waals surface area contributed by atoms with Crippen LogP contribution in [0.5, 0.6) is 0 Å². The SMILES string of the molecule is CCCNC1CCN(C(=O)OCC(C)C)CC1C. The predicted molar refractivity (Wildman–Crippen MR) is 73.6 cm³/mol. The van der Waals surface area contributed by atoms with Crippen molar-refractivity contribution in [2.24, 2.45) is 11.8 Å². The van der Waals surface area contributed by atoms with Crippen molar-refractivity contribution in [3.05, 3.63) is 0 Å². The minimum absolute atomic E-state index is 0.149. The van der Waals surface area contributed by atoms with E-state index in [1.54, 1.807) is 0 Å². The summed E-state index contributed by atoms with van der Waals surface area (Å²) in [7, 11) is 0. The number of carbonyl (C=O) groups excluding carboxylic acids is 1. The van der Waals surface area contributed by atoms with Gasteiger partial charge in [0.1, 0.15) is 0 Å². The molecule has 1 amide bonds. The molecule has 0 aromatic carbocycles. The quantitative estimate of drug-likeness (QED) is 0.821. The fourth-order valence-corrected chi connectivity index (χ4v) is 2.27. The van der Waals surface area contributed by atoms with Crippen LogP contribution in [0.4, 0.5) is 4.79 Å². The van der Waals surface area contributed by atoms with Gasteiger partial charge in [-0.05, 0) is 31.2 Å². The Kier molecular flexibility index (Phi) is 6.47. The van der Waals surface area contributed by atoms with Gasteiger partial charge in [-0.2, -0.15) is 0 Å². The van der Waals surface area contributed by atoms with Crippen molar-refractivity contribution >= 4 is 6.09 Å². The summed E-state index contributed by atoms with van der Waals surface area (Å²) in [5.41, 5.74) is 0. The number of piperidine rings is 1. The smallest absolute Gasteiger partial charge is 0.409 e. The van der Waals surface area contributed by atoms with Crippen LogP contribution < -0.4 is 5.32 Å².